The number of isocyanates is 3. The van der Waals surface area contributed by atoms with Crippen molar-refractivity contribution in [3.8, 4) is 6.26 Å². The third-order valence-corrected chi connectivity index (χ3v) is 28.5. The maximum absolute atomic E-state index is 13.0. The molecule has 23 nitrogen and oxygen atoms in total. The lowest BCUT2D eigenvalue weighted by Gasteiger charge is -2.44. The Morgan fingerprint density at radius 3 is 1.23 bits per heavy atom. The summed E-state index contributed by atoms with van der Waals surface area (Å²) in [4.78, 5) is 120. The quantitative estimate of drug-likeness (QED) is 0.0308. The van der Waals surface area contributed by atoms with E-state index in [2.05, 4.69) is 310 Å². The number of nitrogens with one attached hydrogen (secondary N) is 3. The van der Waals surface area contributed by atoms with E-state index in [1.54, 1.807) is 29.4 Å². The summed E-state index contributed by atoms with van der Waals surface area (Å²) < 4.78 is 4.48. The molecule has 3 N–H and O–H groups in total. The van der Waals surface area contributed by atoms with Crippen LogP contribution in [0.15, 0.2) is 177 Å². The van der Waals surface area contributed by atoms with Crippen molar-refractivity contribution in [1.29, 1.82) is 5.26 Å². The molecule has 0 bridgehead atoms. The summed E-state index contributed by atoms with van der Waals surface area (Å²) in [6.07, 6.45) is 49.2. The normalized spacial score (nSPS) is 18.5. The smallest absolute Gasteiger partial charge is 0.286 e. The summed E-state index contributed by atoms with van der Waals surface area (Å²) >= 11 is 0. The fraction of sp³-hybridized carbons (Fsp3) is 0.672. The van der Waals surface area contributed by atoms with Gasteiger partial charge in [0.05, 0.1) is 18.3 Å². The Kier molecular flexibility index (Phi) is 50.3. The van der Waals surface area contributed by atoms with Crippen molar-refractivity contribution < 1.29 is 43.1 Å². The lowest BCUT2D eigenvalue weighted by molar-refractivity contribution is -0.120. The first-order valence-corrected chi connectivity index (χ1v) is 53.0. The number of benzene rings is 3. The number of carbonyl (C=O) groups is 5. The molecule has 23 heteroatoms. The van der Waals surface area contributed by atoms with Crippen molar-refractivity contribution in [2.45, 2.75) is 420 Å². The molecule has 3 aromatic carbocycles. The Morgan fingerprint density at radius 2 is 0.803 bits per heavy atom. The molecular weight excluding hydrogens is 1770 g/mol. The second-order valence-electron chi connectivity index (χ2n) is 49.5. The molecule has 3 aromatic rings. The standard InChI is InChI=1S/C31H55N3O2.C19H28N2O.C18H32N2O.C18H26N2O.C11H21N.C8H12N2O2.C7H11NO.C7H5NO/c1-28(2,3)33-20-17-30(7,8)24(22-33)26(35)16-14-12-11-13-15-19-32-27(36)25-23-34(29(4,5)6)21-18-31(25,9)10;1-18(2,3)21-13-12-19(4,5)16(14-21)17(22)20(6)15-10-8-7-9-11-15;2*1-17(2,3)20-12-11-18(4,5)15(13-20)16(21)19-14-9-7-6-8-10-14;1-10(2,3)12-8-6-11(4,5)7-9-12;9-7-12-6-4-2-1-3-5-10-8-11;2*9-6-8-7-4-2-1-3-5-7/h22-23H,11-21H2,1-10H3,(H,32,36);7-11,14H,12-13H2,1-6H3;13-14H,6-12H2,1-5H3,(H,19,21);6-10,13H,11-12H2,1-5H3,(H,19,21);6,8H,7,9H2,1-5H3;1-6H2;7H,1-5H2;1-5H. The molecule has 790 valence electrons. The van der Waals surface area contributed by atoms with Crippen LogP contribution in [0.2, 0.25) is 0 Å². The zero-order valence-corrected chi connectivity index (χ0v) is 94.2. The number of amides is 4. The Hall–Kier alpha value is -10.1. The van der Waals surface area contributed by atoms with Gasteiger partial charge in [-0.15, -0.1) is 0 Å². The van der Waals surface area contributed by atoms with Crippen molar-refractivity contribution in [3.05, 3.63) is 162 Å². The monoisotopic (exact) mass is 1960 g/mol. The second kappa shape index (κ2) is 57.5. The summed E-state index contributed by atoms with van der Waals surface area (Å²) in [6.45, 7) is 74.0. The molecule has 11 rings (SSSR count). The number of Topliss-reactive ketones (excluding diaryl/α,β-unsaturated/α-hetero) is 1. The van der Waals surface area contributed by atoms with Gasteiger partial charge in [0.1, 0.15) is 6.61 Å². The Balaban J connectivity index is 0.000000353. The molecule has 0 atom stereocenters. The van der Waals surface area contributed by atoms with E-state index in [1.165, 1.54) is 63.7 Å². The summed E-state index contributed by atoms with van der Waals surface area (Å²) in [5.74, 6) is 0.632. The van der Waals surface area contributed by atoms with Crippen LogP contribution in [0.1, 0.15) is 375 Å². The molecule has 0 radical (unpaired) electrons. The minimum atomic E-state index is -0.0966. The number of allylic oxidation sites excluding steroid dienone is 2. The zero-order valence-electron chi connectivity index (χ0n) is 94.2. The molecule has 2 fully saturated rings. The SMILES string of the molecule is CC1(C)C=CN(C(C)(C)C)CC1.CC1(C)CCN(C(C)(C)C)C=C1C(=O)CCCCCCCNC(=O)C1=CN(C(C)(C)C)CCC1(C)C.CC1(C)CCN(C(C)(C)C)C=C1C(=O)NC1CCCCC1.CC1(C)CCN(C(C)(C)C)C=C1C(=O)Nc1ccccc1.CN(C(=O)C1=CN(C(C)(C)C)CCC1(C)C)c1ccccc1.N#COCCCCCCN=C=O.O=C=NC1CCCCC1.O=C=Nc1ccccc1. The number of nitriles is 1. The Labute approximate surface area is 860 Å². The van der Waals surface area contributed by atoms with Gasteiger partial charge in [-0.2, -0.15) is 10.3 Å². The number of likely N-dealkylation sites (N-methyl/N-ethyl adjacent to an activating group) is 1. The number of anilines is 2. The van der Waals surface area contributed by atoms with E-state index < -0.39 is 0 Å². The first kappa shape index (κ1) is 124. The average Bonchev–Trinajstić information content (AvgIpc) is 0.721. The highest BCUT2D eigenvalue weighted by atomic mass is 16.5. The van der Waals surface area contributed by atoms with E-state index in [-0.39, 0.29) is 83.9 Å². The van der Waals surface area contributed by atoms with Crippen LogP contribution in [0.5, 0.6) is 0 Å². The highest BCUT2D eigenvalue weighted by molar-refractivity contribution is 6.06. The van der Waals surface area contributed by atoms with Gasteiger partial charge in [0.25, 0.3) is 18.1 Å². The number of hydrogen-bond acceptors (Lipinski definition) is 19. The van der Waals surface area contributed by atoms with E-state index in [4.69, 9.17) is 5.26 Å². The number of nitrogens with zero attached hydrogens (tertiary/aromatic N) is 11. The summed E-state index contributed by atoms with van der Waals surface area (Å²) in [5, 5.41) is 17.5. The molecule has 0 spiro atoms. The van der Waals surface area contributed by atoms with E-state index >= 15 is 0 Å². The lowest BCUT2D eigenvalue weighted by Crippen LogP contribution is -2.47. The minimum absolute atomic E-state index is 0.000139. The molecule has 0 unspecified atom stereocenters. The Morgan fingerprint density at radius 1 is 0.423 bits per heavy atom. The molecule has 142 heavy (non-hydrogen) atoms. The second-order valence-corrected chi connectivity index (χ2v) is 49.5. The predicted molar refractivity (Wildman–Crippen MR) is 587 cm³/mol. The first-order valence-electron chi connectivity index (χ1n) is 53.0. The van der Waals surface area contributed by atoms with Crippen LogP contribution >= 0.6 is 0 Å². The number of ether oxygens (including phenoxy) is 1. The zero-order chi connectivity index (χ0) is 107. The maximum atomic E-state index is 13.0. The van der Waals surface area contributed by atoms with Crippen LogP contribution in [0.4, 0.5) is 17.1 Å². The van der Waals surface area contributed by atoms with Crippen LogP contribution in [-0.4, -0.2) is 188 Å². The fourth-order valence-electron chi connectivity index (χ4n) is 17.8. The highest BCUT2D eigenvalue weighted by Gasteiger charge is 2.42. The number of unbranched alkanes of at least 4 members (excludes halogenated alkanes) is 7. The van der Waals surface area contributed by atoms with Crippen molar-refractivity contribution in [2.75, 3.05) is 76.2 Å². The molecule has 8 aliphatic rings. The molecule has 6 heterocycles. The van der Waals surface area contributed by atoms with E-state index in [0.29, 0.717) is 55.1 Å². The molecule has 0 saturated heterocycles. The predicted octanol–water partition coefficient (Wildman–Crippen LogP) is 26.5. The molecule has 0 aromatic heterocycles. The van der Waals surface area contributed by atoms with Crippen molar-refractivity contribution in [1.82, 2.24) is 40.0 Å². The molecule has 2 aliphatic carbocycles. The van der Waals surface area contributed by atoms with Gasteiger partial charge in [-0.3, -0.25) is 24.0 Å². The van der Waals surface area contributed by atoms with Gasteiger partial charge < -0.3 is 55.0 Å². The third kappa shape index (κ3) is 44.6. The van der Waals surface area contributed by atoms with Crippen LogP contribution in [0, 0.1) is 44.0 Å². The number of para-hydroxylation sites is 3. The Bertz CT molecular complexity index is 4690. The third-order valence-electron chi connectivity index (χ3n) is 28.5. The molecule has 2 saturated carbocycles. The van der Waals surface area contributed by atoms with Gasteiger partial charge in [0.15, 0.2) is 5.78 Å². The van der Waals surface area contributed by atoms with Crippen LogP contribution in [0.3, 0.4) is 0 Å². The molecule has 6 aliphatic heterocycles. The largest absolute Gasteiger partial charge is 0.428 e. The molecule has 4 amide bonds. The van der Waals surface area contributed by atoms with Gasteiger partial charge in [0.2, 0.25) is 30.1 Å². The van der Waals surface area contributed by atoms with E-state index in [9.17, 15) is 38.4 Å². The number of rotatable bonds is 25. The van der Waals surface area contributed by atoms with E-state index in [0.717, 1.165) is 188 Å². The number of ketones is 1. The minimum Gasteiger partial charge on any atom is -0.428 e. The first-order chi connectivity index (χ1) is 66.1. The van der Waals surface area contributed by atoms with Crippen molar-refractivity contribution >= 4 is 64.7 Å². The summed E-state index contributed by atoms with van der Waals surface area (Å²) in [7, 11) is 1.85. The van der Waals surface area contributed by atoms with Gasteiger partial charge in [-0.1, -0.05) is 208 Å². The van der Waals surface area contributed by atoms with E-state index in [1.807, 2.05) is 92.1 Å². The van der Waals surface area contributed by atoms with Gasteiger partial charge >= 0.3 is 0 Å². The number of hydrogen-bond donors (Lipinski definition) is 3. The van der Waals surface area contributed by atoms with Gasteiger partial charge in [-0.25, -0.2) is 24.4 Å². The summed E-state index contributed by atoms with van der Waals surface area (Å²) in [5.41, 5.74) is 7.56. The molecular formula is C119H190N14O9. The summed E-state index contributed by atoms with van der Waals surface area (Å²) in [6, 6.07) is 29.1. The lowest BCUT2D eigenvalue weighted by atomic mass is 9.76. The van der Waals surface area contributed by atoms with Gasteiger partial charge in [0, 0.05) is 169 Å². The van der Waals surface area contributed by atoms with Crippen molar-refractivity contribution in [3.63, 3.8) is 0 Å². The number of aliphatic imine (C=N–C) groups is 3. The highest BCUT2D eigenvalue weighted by Crippen LogP contribution is 2.44. The van der Waals surface area contributed by atoms with Crippen molar-refractivity contribution in [2.24, 2.45) is 47.5 Å². The van der Waals surface area contributed by atoms with Gasteiger partial charge in [-0.05, 0) is 296 Å². The van der Waals surface area contributed by atoms with Crippen LogP contribution in [0.25, 0.3) is 0 Å². The van der Waals surface area contributed by atoms with Crippen LogP contribution in [-0.2, 0) is 43.1 Å². The maximum Gasteiger partial charge on any atom is 0.286 e. The van der Waals surface area contributed by atoms with Crippen LogP contribution < -0.4 is 20.9 Å². The topological polar surface area (TPSA) is 265 Å². The average molecular weight is 1960 g/mol. The number of carbonyl (C=O) groups excluding carboxylic acids is 8. The fourth-order valence-corrected chi connectivity index (χ4v) is 17.8.